The molecule has 0 unspecified atom stereocenters. The Kier molecular flexibility index (Phi) is 24.2. The molecule has 7 amide bonds. The van der Waals surface area contributed by atoms with E-state index in [1.165, 1.54) is 6.92 Å². The van der Waals surface area contributed by atoms with Gasteiger partial charge in [0.15, 0.2) is 5.96 Å². The molecule has 21 nitrogen and oxygen atoms in total. The predicted molar refractivity (Wildman–Crippen MR) is 200 cm³/mol. The second kappa shape index (κ2) is 26.7. The molecule has 0 fully saturated rings. The van der Waals surface area contributed by atoms with E-state index in [4.69, 9.17) is 22.9 Å². The zero-order valence-electron chi connectivity index (χ0n) is 32.0. The zero-order chi connectivity index (χ0) is 41.4. The van der Waals surface area contributed by atoms with Crippen LogP contribution in [0.1, 0.15) is 92.4 Å². The third kappa shape index (κ3) is 23.5. The molecule has 54 heavy (non-hydrogen) atoms. The molecule has 308 valence electrons. The highest BCUT2D eigenvalue weighted by Crippen LogP contribution is 2.04. The number of hydrogen-bond acceptors (Lipinski definition) is 11. The lowest BCUT2D eigenvalue weighted by Crippen LogP contribution is -2.54. The number of aliphatic imine (C=N–C) groups is 1. The average molecular weight is 771 g/mol. The van der Waals surface area contributed by atoms with Crippen LogP contribution in [0.5, 0.6) is 0 Å². The SMILES string of the molecule is C[C@H](NC(=O)[C@H](CCCN=C(N)N)NC(=O)CN)C(=O)N[C@@H](C)CC(=O)N[C@@H](C)CC(=O)N[C@@H](C)CC(=O)N[C@@H](C)CC(=O)N[C@@H](CCCCN)C(=O)O. The highest BCUT2D eigenvalue weighted by Gasteiger charge is 2.26. The van der Waals surface area contributed by atoms with Crippen molar-refractivity contribution in [2.45, 2.75) is 135 Å². The summed E-state index contributed by atoms with van der Waals surface area (Å²) in [5, 5.41) is 27.5. The van der Waals surface area contributed by atoms with E-state index in [9.17, 15) is 43.5 Å². The highest BCUT2D eigenvalue weighted by atomic mass is 16.4. The summed E-state index contributed by atoms with van der Waals surface area (Å²) in [6, 6.07) is -5.44. The third-order valence-electron chi connectivity index (χ3n) is 7.69. The van der Waals surface area contributed by atoms with Crippen LogP contribution < -0.4 is 60.2 Å². The summed E-state index contributed by atoms with van der Waals surface area (Å²) < 4.78 is 0. The van der Waals surface area contributed by atoms with Crippen LogP contribution in [0.25, 0.3) is 0 Å². The summed E-state index contributed by atoms with van der Waals surface area (Å²) >= 11 is 0. The molecule has 0 spiro atoms. The Bertz CT molecular complexity index is 1300. The summed E-state index contributed by atoms with van der Waals surface area (Å²) in [4.78, 5) is 103. The van der Waals surface area contributed by atoms with Crippen LogP contribution in [0.3, 0.4) is 0 Å². The number of guanidine groups is 1. The number of rotatable bonds is 27. The molecule has 21 heteroatoms. The van der Waals surface area contributed by atoms with Gasteiger partial charge >= 0.3 is 5.97 Å². The van der Waals surface area contributed by atoms with Gasteiger partial charge in [0.25, 0.3) is 0 Å². The van der Waals surface area contributed by atoms with Gasteiger partial charge in [0.2, 0.25) is 41.4 Å². The van der Waals surface area contributed by atoms with Crippen LogP contribution in [0, 0.1) is 0 Å². The fourth-order valence-electron chi connectivity index (χ4n) is 5.09. The number of carboxylic acids is 1. The van der Waals surface area contributed by atoms with Gasteiger partial charge in [-0.1, -0.05) is 0 Å². The van der Waals surface area contributed by atoms with Crippen molar-refractivity contribution in [2.24, 2.45) is 27.9 Å². The maximum absolute atomic E-state index is 12.8. The summed E-state index contributed by atoms with van der Waals surface area (Å²) in [6.07, 6.45) is 1.52. The number of unbranched alkanes of at least 4 members (excludes halogenated alkanes) is 1. The molecule has 0 aromatic carbocycles. The van der Waals surface area contributed by atoms with E-state index < -0.39 is 89.6 Å². The Morgan fingerprint density at radius 1 is 0.537 bits per heavy atom. The number of carboxylic acid groups (broad SMARTS) is 1. The van der Waals surface area contributed by atoms with Gasteiger partial charge in [-0.05, 0) is 73.3 Å². The number of amides is 7. The van der Waals surface area contributed by atoms with E-state index in [-0.39, 0.29) is 57.6 Å². The Balaban J connectivity index is 4.69. The van der Waals surface area contributed by atoms with Crippen molar-refractivity contribution in [3.63, 3.8) is 0 Å². The lowest BCUT2D eigenvalue weighted by molar-refractivity contribution is -0.142. The average Bonchev–Trinajstić information content (AvgIpc) is 3.04. The molecule has 0 aliphatic rings. The number of carbonyl (C=O) groups is 8. The van der Waals surface area contributed by atoms with Gasteiger partial charge in [0.1, 0.15) is 18.1 Å². The van der Waals surface area contributed by atoms with Gasteiger partial charge < -0.3 is 65.3 Å². The fourth-order valence-corrected chi connectivity index (χ4v) is 5.09. The summed E-state index contributed by atoms with van der Waals surface area (Å²) in [5.74, 6) is -4.83. The Labute approximate surface area is 316 Å². The van der Waals surface area contributed by atoms with Gasteiger partial charge in [-0.3, -0.25) is 38.6 Å². The van der Waals surface area contributed by atoms with Crippen LogP contribution in [-0.2, 0) is 38.4 Å². The second-order valence-corrected chi connectivity index (χ2v) is 13.4. The van der Waals surface area contributed by atoms with Crippen molar-refractivity contribution in [1.82, 2.24) is 37.2 Å². The van der Waals surface area contributed by atoms with E-state index in [0.717, 1.165) is 0 Å². The molecule has 0 radical (unpaired) electrons. The van der Waals surface area contributed by atoms with Gasteiger partial charge in [-0.25, -0.2) is 4.79 Å². The number of hydrogen-bond donors (Lipinski definition) is 12. The second-order valence-electron chi connectivity index (χ2n) is 13.4. The minimum Gasteiger partial charge on any atom is -0.480 e. The van der Waals surface area contributed by atoms with Crippen LogP contribution in [0.2, 0.25) is 0 Å². The van der Waals surface area contributed by atoms with Gasteiger partial charge in [0, 0.05) is 56.4 Å². The quantitative estimate of drug-likeness (QED) is 0.0217. The first-order valence-corrected chi connectivity index (χ1v) is 18.0. The molecule has 0 bridgehead atoms. The van der Waals surface area contributed by atoms with Crippen molar-refractivity contribution >= 4 is 53.3 Å². The Morgan fingerprint density at radius 3 is 1.39 bits per heavy atom. The first-order valence-electron chi connectivity index (χ1n) is 18.0. The lowest BCUT2D eigenvalue weighted by Gasteiger charge is -2.22. The van der Waals surface area contributed by atoms with Crippen molar-refractivity contribution in [3.8, 4) is 0 Å². The lowest BCUT2D eigenvalue weighted by atomic mass is 10.1. The maximum Gasteiger partial charge on any atom is 0.326 e. The van der Waals surface area contributed by atoms with Crippen LogP contribution >= 0.6 is 0 Å². The molecule has 0 aliphatic carbocycles. The topological polar surface area (TPSA) is 357 Å². The van der Waals surface area contributed by atoms with E-state index in [1.807, 2.05) is 0 Å². The molecule has 0 aromatic heterocycles. The largest absolute Gasteiger partial charge is 0.480 e. The molecule has 0 aliphatic heterocycles. The zero-order valence-corrected chi connectivity index (χ0v) is 32.0. The Morgan fingerprint density at radius 2 is 0.963 bits per heavy atom. The van der Waals surface area contributed by atoms with E-state index >= 15 is 0 Å². The molecule has 7 atom stereocenters. The van der Waals surface area contributed by atoms with Gasteiger partial charge in [0.05, 0.1) is 6.54 Å². The van der Waals surface area contributed by atoms with E-state index in [0.29, 0.717) is 25.8 Å². The third-order valence-corrected chi connectivity index (χ3v) is 7.69. The molecular weight excluding hydrogens is 708 g/mol. The minimum atomic E-state index is -1.15. The number of nitrogens with two attached hydrogens (primary N) is 4. The first-order chi connectivity index (χ1) is 25.3. The van der Waals surface area contributed by atoms with E-state index in [2.05, 4.69) is 42.2 Å². The molecule has 0 rings (SSSR count). The number of aliphatic carboxylic acids is 1. The first kappa shape index (κ1) is 49.0. The number of nitrogens with one attached hydrogen (secondary N) is 7. The maximum atomic E-state index is 12.8. The van der Waals surface area contributed by atoms with Crippen molar-refractivity contribution in [2.75, 3.05) is 19.6 Å². The number of carbonyl (C=O) groups excluding carboxylic acids is 7. The summed E-state index contributed by atoms with van der Waals surface area (Å²) in [6.45, 7) is 8.18. The fraction of sp³-hybridized carbons (Fsp3) is 0.727. The standard InChI is InChI=1S/C33H62N12O9/c1-18(13-26(47)41-20(3)15-28(49)45-24(32(53)54)9-6-7-11-34)39-25(46)14-19(2)40-27(48)16-21(4)42-30(51)22(5)43-31(52)23(44-29(50)17-35)10-8-12-38-33(36)37/h18-24H,6-17,34-35H2,1-5H3,(H,39,46)(H,40,48)(H,41,47)(H,42,51)(H,43,52)(H,44,50)(H,45,49)(H,53,54)(H4,36,37,38)/t18-,19-,20-,21-,22-,23-,24-/m0/s1. The van der Waals surface area contributed by atoms with Gasteiger partial charge in [-0.2, -0.15) is 0 Å². The van der Waals surface area contributed by atoms with Crippen molar-refractivity contribution < 1.29 is 43.5 Å². The van der Waals surface area contributed by atoms with Crippen molar-refractivity contribution in [1.29, 1.82) is 0 Å². The van der Waals surface area contributed by atoms with Crippen LogP contribution in [-0.4, -0.2) is 120 Å². The smallest absolute Gasteiger partial charge is 0.326 e. The van der Waals surface area contributed by atoms with Crippen LogP contribution in [0.15, 0.2) is 4.99 Å². The summed E-state index contributed by atoms with van der Waals surface area (Å²) in [5.41, 5.74) is 21.4. The molecule has 0 aromatic rings. The molecule has 16 N–H and O–H groups in total. The Hall–Kier alpha value is -5.05. The highest BCUT2D eigenvalue weighted by molar-refractivity contribution is 5.92. The van der Waals surface area contributed by atoms with Crippen LogP contribution in [0.4, 0.5) is 0 Å². The predicted octanol–water partition coefficient (Wildman–Crippen LogP) is -3.73. The minimum absolute atomic E-state index is 0.0895. The van der Waals surface area contributed by atoms with Gasteiger partial charge in [-0.15, -0.1) is 0 Å². The molecule has 0 heterocycles. The monoisotopic (exact) mass is 770 g/mol. The van der Waals surface area contributed by atoms with E-state index in [1.54, 1.807) is 27.7 Å². The molecule has 0 saturated heterocycles. The molecular formula is C33H62N12O9. The molecule has 0 saturated carbocycles. The normalized spacial score (nSPS) is 14.6. The number of nitrogens with zero attached hydrogens (tertiary/aromatic N) is 1. The summed E-state index contributed by atoms with van der Waals surface area (Å²) in [7, 11) is 0. The van der Waals surface area contributed by atoms with Crippen molar-refractivity contribution in [3.05, 3.63) is 0 Å².